The Balaban J connectivity index is 1.91. The molecular formula is C20H20N2O3. The molecular weight excluding hydrogens is 316 g/mol. The van der Waals surface area contributed by atoms with Crippen LogP contribution in [0.15, 0.2) is 60.7 Å². The molecule has 0 saturated carbocycles. The highest BCUT2D eigenvalue weighted by Crippen LogP contribution is 2.24. The third kappa shape index (κ3) is 4.12. The van der Waals surface area contributed by atoms with Crippen molar-refractivity contribution in [3.63, 3.8) is 0 Å². The van der Waals surface area contributed by atoms with Gasteiger partial charge in [-0.25, -0.2) is 0 Å². The number of benzene rings is 2. The second-order valence-corrected chi connectivity index (χ2v) is 6.11. The number of hydrogen-bond acceptors (Lipinski definition) is 4. The summed E-state index contributed by atoms with van der Waals surface area (Å²) in [7, 11) is 0. The Labute approximate surface area is 146 Å². The summed E-state index contributed by atoms with van der Waals surface area (Å²) < 4.78 is 0. The number of nitrogens with zero attached hydrogens (tertiary/aromatic N) is 2. The minimum Gasteiger partial charge on any atom is -0.371 e. The van der Waals surface area contributed by atoms with Gasteiger partial charge in [0.2, 0.25) is 0 Å². The summed E-state index contributed by atoms with van der Waals surface area (Å²) in [5.41, 5.74) is 2.37. The minimum atomic E-state index is -0.465. The van der Waals surface area contributed by atoms with Crippen molar-refractivity contribution < 1.29 is 9.72 Å². The molecule has 0 N–H and O–H groups in total. The zero-order valence-corrected chi connectivity index (χ0v) is 13.9. The van der Waals surface area contributed by atoms with E-state index in [4.69, 9.17) is 0 Å². The second-order valence-electron chi connectivity index (χ2n) is 6.11. The summed E-state index contributed by atoms with van der Waals surface area (Å²) in [6.07, 6.45) is 5.11. The molecule has 1 aliphatic heterocycles. The first kappa shape index (κ1) is 16.9. The standard InChI is InChI=1S/C20H20N2O3/c23-20(17-9-11-18(12-10-17)22(24)25)15-19(16-7-3-1-4-8-16)21-13-5-2-6-14-21/h1,3-4,7-12,15H,2,5-6,13-14H2. The van der Waals surface area contributed by atoms with Gasteiger partial charge in [0.05, 0.1) is 4.92 Å². The molecule has 2 aromatic carbocycles. The molecule has 0 radical (unpaired) electrons. The number of piperidine rings is 1. The molecule has 0 aliphatic carbocycles. The van der Waals surface area contributed by atoms with Crippen LogP contribution in [0.3, 0.4) is 0 Å². The highest BCUT2D eigenvalue weighted by atomic mass is 16.6. The molecule has 0 spiro atoms. The first-order chi connectivity index (χ1) is 12.1. The number of non-ortho nitro benzene ring substituents is 1. The van der Waals surface area contributed by atoms with Gasteiger partial charge >= 0.3 is 0 Å². The van der Waals surface area contributed by atoms with Gasteiger partial charge < -0.3 is 4.90 Å². The Bertz CT molecular complexity index is 776. The molecule has 3 rings (SSSR count). The van der Waals surface area contributed by atoms with Crippen LogP contribution >= 0.6 is 0 Å². The molecule has 1 aliphatic rings. The van der Waals surface area contributed by atoms with Gasteiger partial charge in [-0.1, -0.05) is 30.3 Å². The Morgan fingerprint density at radius 1 is 0.920 bits per heavy atom. The minimum absolute atomic E-state index is 0.0140. The predicted octanol–water partition coefficient (Wildman–Crippen LogP) is 4.30. The van der Waals surface area contributed by atoms with E-state index in [1.54, 1.807) is 6.08 Å². The molecule has 0 bridgehead atoms. The van der Waals surface area contributed by atoms with E-state index in [0.717, 1.165) is 37.2 Å². The van der Waals surface area contributed by atoms with Crippen molar-refractivity contribution in [1.29, 1.82) is 0 Å². The lowest BCUT2D eigenvalue weighted by Gasteiger charge is -2.31. The van der Waals surface area contributed by atoms with Crippen LogP contribution in [0.5, 0.6) is 0 Å². The number of nitro benzene ring substituents is 1. The van der Waals surface area contributed by atoms with Crippen molar-refractivity contribution in [2.45, 2.75) is 19.3 Å². The van der Waals surface area contributed by atoms with Gasteiger partial charge in [-0.15, -0.1) is 0 Å². The fraction of sp³-hybridized carbons (Fsp3) is 0.250. The molecule has 5 heteroatoms. The number of hydrogen-bond donors (Lipinski definition) is 0. The lowest BCUT2D eigenvalue weighted by atomic mass is 10.0. The third-order valence-electron chi connectivity index (χ3n) is 4.40. The third-order valence-corrected chi connectivity index (χ3v) is 4.40. The number of ketones is 1. The fourth-order valence-corrected chi connectivity index (χ4v) is 3.06. The zero-order valence-electron chi connectivity index (χ0n) is 13.9. The van der Waals surface area contributed by atoms with Crippen molar-refractivity contribution in [2.75, 3.05) is 13.1 Å². The van der Waals surface area contributed by atoms with E-state index in [2.05, 4.69) is 4.90 Å². The maximum Gasteiger partial charge on any atom is 0.269 e. The second kappa shape index (κ2) is 7.75. The average molecular weight is 336 g/mol. The summed E-state index contributed by atoms with van der Waals surface area (Å²) in [5.74, 6) is -0.140. The van der Waals surface area contributed by atoms with E-state index >= 15 is 0 Å². The van der Waals surface area contributed by atoms with Gasteiger partial charge in [0.15, 0.2) is 5.78 Å². The molecule has 128 valence electrons. The highest BCUT2D eigenvalue weighted by molar-refractivity contribution is 6.08. The van der Waals surface area contributed by atoms with Crippen LogP contribution in [0.2, 0.25) is 0 Å². The van der Waals surface area contributed by atoms with Crippen LogP contribution in [0.25, 0.3) is 5.70 Å². The molecule has 5 nitrogen and oxygen atoms in total. The van der Waals surface area contributed by atoms with Gasteiger partial charge in [0, 0.05) is 42.6 Å². The topological polar surface area (TPSA) is 63.5 Å². The molecule has 0 atom stereocenters. The van der Waals surface area contributed by atoms with Gasteiger partial charge in [-0.2, -0.15) is 0 Å². The monoisotopic (exact) mass is 336 g/mol. The van der Waals surface area contributed by atoms with Crippen molar-refractivity contribution in [3.05, 3.63) is 81.9 Å². The fourth-order valence-electron chi connectivity index (χ4n) is 3.06. The van der Waals surface area contributed by atoms with Crippen LogP contribution in [0.1, 0.15) is 35.2 Å². The smallest absolute Gasteiger partial charge is 0.269 e. The number of nitro groups is 1. The molecule has 2 aromatic rings. The van der Waals surface area contributed by atoms with E-state index in [9.17, 15) is 14.9 Å². The highest BCUT2D eigenvalue weighted by Gasteiger charge is 2.17. The Morgan fingerprint density at radius 3 is 2.16 bits per heavy atom. The average Bonchev–Trinajstić information content (AvgIpc) is 2.67. The van der Waals surface area contributed by atoms with Crippen LogP contribution in [0, 0.1) is 10.1 Å². The van der Waals surface area contributed by atoms with Gasteiger partial charge in [-0.05, 0) is 37.0 Å². The SMILES string of the molecule is O=C(C=C(c1ccccc1)N1CCCCC1)c1ccc([N+](=O)[O-])cc1. The van der Waals surface area contributed by atoms with Crippen molar-refractivity contribution in [3.8, 4) is 0 Å². The molecule has 0 unspecified atom stereocenters. The molecule has 1 heterocycles. The number of carbonyl (C=O) groups excluding carboxylic acids is 1. The van der Waals surface area contributed by atoms with Crippen LogP contribution in [0.4, 0.5) is 5.69 Å². The summed E-state index contributed by atoms with van der Waals surface area (Å²) in [6.45, 7) is 1.88. The number of allylic oxidation sites excluding steroid dienone is 1. The maximum absolute atomic E-state index is 12.7. The molecule has 0 amide bonds. The van der Waals surface area contributed by atoms with E-state index in [1.165, 1.54) is 30.7 Å². The summed E-state index contributed by atoms with van der Waals surface area (Å²) >= 11 is 0. The summed E-state index contributed by atoms with van der Waals surface area (Å²) in [6, 6.07) is 15.6. The normalized spacial score (nSPS) is 15.0. The van der Waals surface area contributed by atoms with Gasteiger partial charge in [0.25, 0.3) is 5.69 Å². The maximum atomic E-state index is 12.7. The molecule has 1 saturated heterocycles. The van der Waals surface area contributed by atoms with Crippen LogP contribution in [-0.4, -0.2) is 28.7 Å². The van der Waals surface area contributed by atoms with Gasteiger partial charge in [-0.3, -0.25) is 14.9 Å². The van der Waals surface area contributed by atoms with E-state index in [-0.39, 0.29) is 11.5 Å². The van der Waals surface area contributed by atoms with Crippen molar-refractivity contribution in [2.24, 2.45) is 0 Å². The van der Waals surface area contributed by atoms with E-state index < -0.39 is 4.92 Å². The largest absolute Gasteiger partial charge is 0.371 e. The quantitative estimate of drug-likeness (QED) is 0.353. The van der Waals surface area contributed by atoms with Crippen molar-refractivity contribution >= 4 is 17.2 Å². The Kier molecular flexibility index (Phi) is 5.23. The first-order valence-corrected chi connectivity index (χ1v) is 8.46. The zero-order chi connectivity index (χ0) is 17.6. The Hall–Kier alpha value is -2.95. The van der Waals surface area contributed by atoms with Crippen molar-refractivity contribution in [1.82, 2.24) is 4.90 Å². The lowest BCUT2D eigenvalue weighted by molar-refractivity contribution is -0.384. The predicted molar refractivity (Wildman–Crippen MR) is 97.3 cm³/mol. The van der Waals surface area contributed by atoms with E-state index in [1.807, 2.05) is 30.3 Å². The number of carbonyl (C=O) groups is 1. The number of likely N-dealkylation sites (tertiary alicyclic amines) is 1. The first-order valence-electron chi connectivity index (χ1n) is 8.46. The lowest BCUT2D eigenvalue weighted by Crippen LogP contribution is -2.28. The molecule has 25 heavy (non-hydrogen) atoms. The summed E-state index contributed by atoms with van der Waals surface area (Å²) in [4.78, 5) is 25.2. The van der Waals surface area contributed by atoms with Gasteiger partial charge in [0.1, 0.15) is 0 Å². The summed E-state index contributed by atoms with van der Waals surface area (Å²) in [5, 5.41) is 10.8. The molecule has 1 fully saturated rings. The number of rotatable bonds is 5. The Morgan fingerprint density at radius 2 is 1.56 bits per heavy atom. The van der Waals surface area contributed by atoms with Crippen LogP contribution < -0.4 is 0 Å². The van der Waals surface area contributed by atoms with E-state index in [0.29, 0.717) is 5.56 Å². The molecule has 0 aromatic heterocycles. The van der Waals surface area contributed by atoms with Crippen LogP contribution in [-0.2, 0) is 0 Å².